The van der Waals surface area contributed by atoms with Gasteiger partial charge in [-0.15, -0.1) is 0 Å². The maximum atomic E-state index is 11.4. The lowest BCUT2D eigenvalue weighted by Gasteiger charge is -1.99. The van der Waals surface area contributed by atoms with Gasteiger partial charge in [0.25, 0.3) is 5.91 Å². The van der Waals surface area contributed by atoms with Gasteiger partial charge >= 0.3 is 0 Å². The lowest BCUT2D eigenvalue weighted by Crippen LogP contribution is -2.25. The van der Waals surface area contributed by atoms with Gasteiger partial charge in [-0.1, -0.05) is 0 Å². The van der Waals surface area contributed by atoms with Crippen LogP contribution in [0.4, 0.5) is 0 Å². The molecular formula is C7H8BrN3O. The molecule has 2 rings (SSSR count). The third-order valence-electron chi connectivity index (χ3n) is 1.73. The number of hydrogen-bond donors (Lipinski definition) is 2. The molecule has 1 saturated carbocycles. The van der Waals surface area contributed by atoms with Crippen molar-refractivity contribution in [1.82, 2.24) is 15.5 Å². The maximum Gasteiger partial charge on any atom is 0.270 e. The highest BCUT2D eigenvalue weighted by Crippen LogP contribution is 2.20. The first-order valence-corrected chi connectivity index (χ1v) is 4.56. The fourth-order valence-corrected chi connectivity index (χ4v) is 1.29. The van der Waals surface area contributed by atoms with Crippen molar-refractivity contribution in [3.05, 3.63) is 16.4 Å². The van der Waals surface area contributed by atoms with Gasteiger partial charge in [0.05, 0.1) is 10.7 Å². The van der Waals surface area contributed by atoms with Crippen molar-refractivity contribution in [1.29, 1.82) is 0 Å². The van der Waals surface area contributed by atoms with Crippen molar-refractivity contribution in [2.45, 2.75) is 18.9 Å². The molecule has 1 amide bonds. The zero-order valence-corrected chi connectivity index (χ0v) is 7.89. The Morgan fingerprint density at radius 1 is 1.75 bits per heavy atom. The van der Waals surface area contributed by atoms with Crippen LogP contribution >= 0.6 is 15.9 Å². The summed E-state index contributed by atoms with van der Waals surface area (Å²) < 4.78 is 0.709. The summed E-state index contributed by atoms with van der Waals surface area (Å²) in [7, 11) is 0. The van der Waals surface area contributed by atoms with E-state index in [1.807, 2.05) is 0 Å². The van der Waals surface area contributed by atoms with Crippen LogP contribution in [-0.4, -0.2) is 22.1 Å². The number of amides is 1. The Hall–Kier alpha value is -0.840. The fraction of sp³-hybridized carbons (Fsp3) is 0.429. The summed E-state index contributed by atoms with van der Waals surface area (Å²) >= 11 is 3.22. The van der Waals surface area contributed by atoms with Crippen LogP contribution in [0, 0.1) is 0 Å². The summed E-state index contributed by atoms with van der Waals surface area (Å²) in [5.74, 6) is -0.0816. The van der Waals surface area contributed by atoms with Crippen molar-refractivity contribution >= 4 is 21.8 Å². The summed E-state index contributed by atoms with van der Waals surface area (Å²) in [6.45, 7) is 0. The van der Waals surface area contributed by atoms with Gasteiger partial charge in [-0.05, 0) is 28.8 Å². The van der Waals surface area contributed by atoms with E-state index in [-0.39, 0.29) is 5.91 Å². The first kappa shape index (κ1) is 7.79. The molecule has 0 radical (unpaired) electrons. The molecule has 1 aromatic rings. The highest BCUT2D eigenvalue weighted by molar-refractivity contribution is 9.10. The third kappa shape index (κ3) is 1.50. The number of halogens is 1. The molecule has 0 bridgehead atoms. The van der Waals surface area contributed by atoms with Crippen molar-refractivity contribution in [3.8, 4) is 0 Å². The average molecular weight is 230 g/mol. The number of aromatic nitrogens is 2. The second kappa shape index (κ2) is 2.90. The molecule has 64 valence electrons. The van der Waals surface area contributed by atoms with Gasteiger partial charge in [0, 0.05) is 6.04 Å². The van der Waals surface area contributed by atoms with E-state index in [1.165, 1.54) is 0 Å². The Bertz CT molecular complexity index is 305. The number of rotatable bonds is 2. The summed E-state index contributed by atoms with van der Waals surface area (Å²) in [5, 5.41) is 9.22. The van der Waals surface area contributed by atoms with E-state index < -0.39 is 0 Å². The van der Waals surface area contributed by atoms with Crippen LogP contribution in [0.5, 0.6) is 0 Å². The minimum Gasteiger partial charge on any atom is -0.348 e. The molecule has 0 spiro atoms. The SMILES string of the molecule is O=C(NC1CC1)c1[nH]ncc1Br. The molecule has 0 saturated heterocycles. The fourth-order valence-electron chi connectivity index (χ4n) is 0.916. The zero-order valence-electron chi connectivity index (χ0n) is 6.30. The Kier molecular flexibility index (Phi) is 1.88. The second-order valence-electron chi connectivity index (χ2n) is 2.84. The quantitative estimate of drug-likeness (QED) is 0.798. The van der Waals surface area contributed by atoms with Crippen LogP contribution in [0.2, 0.25) is 0 Å². The molecule has 1 aliphatic carbocycles. The minimum atomic E-state index is -0.0816. The summed E-state index contributed by atoms with van der Waals surface area (Å²) in [5.41, 5.74) is 0.502. The Morgan fingerprint density at radius 3 is 3.00 bits per heavy atom. The number of hydrogen-bond acceptors (Lipinski definition) is 2. The number of carbonyl (C=O) groups is 1. The monoisotopic (exact) mass is 229 g/mol. The Balaban J connectivity index is 2.07. The van der Waals surface area contributed by atoms with Crippen molar-refractivity contribution in [2.24, 2.45) is 0 Å². The van der Waals surface area contributed by atoms with E-state index in [9.17, 15) is 4.79 Å². The molecule has 4 nitrogen and oxygen atoms in total. The van der Waals surface area contributed by atoms with E-state index in [0.717, 1.165) is 12.8 Å². The maximum absolute atomic E-state index is 11.4. The van der Waals surface area contributed by atoms with Gasteiger partial charge < -0.3 is 5.32 Å². The first-order chi connectivity index (χ1) is 5.77. The highest BCUT2D eigenvalue weighted by atomic mass is 79.9. The van der Waals surface area contributed by atoms with E-state index in [1.54, 1.807) is 6.20 Å². The lowest BCUT2D eigenvalue weighted by molar-refractivity contribution is 0.0945. The average Bonchev–Trinajstić information content (AvgIpc) is 2.72. The molecule has 0 atom stereocenters. The molecule has 0 aromatic carbocycles. The van der Waals surface area contributed by atoms with Crippen molar-refractivity contribution in [3.63, 3.8) is 0 Å². The van der Waals surface area contributed by atoms with Crippen LogP contribution in [-0.2, 0) is 0 Å². The number of nitrogens with zero attached hydrogens (tertiary/aromatic N) is 1. The largest absolute Gasteiger partial charge is 0.348 e. The van der Waals surface area contributed by atoms with Crippen molar-refractivity contribution < 1.29 is 4.79 Å². The van der Waals surface area contributed by atoms with Crippen molar-refractivity contribution in [2.75, 3.05) is 0 Å². The standard InChI is InChI=1S/C7H8BrN3O/c8-5-3-9-11-6(5)7(12)10-4-1-2-4/h3-4H,1-2H2,(H,9,11)(H,10,12). The van der Waals surface area contributed by atoms with E-state index >= 15 is 0 Å². The summed E-state index contributed by atoms with van der Waals surface area (Å²) in [6.07, 6.45) is 3.76. The van der Waals surface area contributed by atoms with Gasteiger partial charge in [0.15, 0.2) is 0 Å². The molecule has 1 aliphatic rings. The number of nitrogens with one attached hydrogen (secondary N) is 2. The van der Waals surface area contributed by atoms with E-state index in [4.69, 9.17) is 0 Å². The van der Waals surface area contributed by atoms with Crippen LogP contribution in [0.15, 0.2) is 10.7 Å². The molecular weight excluding hydrogens is 222 g/mol. The molecule has 0 aliphatic heterocycles. The predicted octanol–water partition coefficient (Wildman–Crippen LogP) is 1.06. The molecule has 1 heterocycles. The van der Waals surface area contributed by atoms with Gasteiger partial charge in [0.1, 0.15) is 5.69 Å². The Labute approximate surface area is 77.9 Å². The smallest absolute Gasteiger partial charge is 0.270 e. The predicted molar refractivity (Wildman–Crippen MR) is 46.8 cm³/mol. The Morgan fingerprint density at radius 2 is 2.50 bits per heavy atom. The first-order valence-electron chi connectivity index (χ1n) is 3.77. The van der Waals surface area contributed by atoms with E-state index in [0.29, 0.717) is 16.2 Å². The number of aromatic amines is 1. The van der Waals surface area contributed by atoms with Crippen LogP contribution in [0.3, 0.4) is 0 Å². The summed E-state index contributed by atoms with van der Waals surface area (Å²) in [4.78, 5) is 11.4. The molecule has 0 unspecified atom stereocenters. The topological polar surface area (TPSA) is 57.8 Å². The number of carbonyl (C=O) groups excluding carboxylic acids is 1. The highest BCUT2D eigenvalue weighted by Gasteiger charge is 2.25. The zero-order chi connectivity index (χ0) is 8.55. The van der Waals surface area contributed by atoms with Gasteiger partial charge in [-0.25, -0.2) is 0 Å². The molecule has 5 heteroatoms. The van der Waals surface area contributed by atoms with E-state index in [2.05, 4.69) is 31.4 Å². The lowest BCUT2D eigenvalue weighted by atomic mass is 10.4. The minimum absolute atomic E-state index is 0.0816. The molecule has 1 aromatic heterocycles. The van der Waals surface area contributed by atoms with Gasteiger partial charge in [0.2, 0.25) is 0 Å². The normalized spacial score (nSPS) is 16.1. The second-order valence-corrected chi connectivity index (χ2v) is 3.70. The van der Waals surface area contributed by atoms with Crippen LogP contribution in [0.25, 0.3) is 0 Å². The molecule has 2 N–H and O–H groups in total. The third-order valence-corrected chi connectivity index (χ3v) is 2.33. The number of H-pyrrole nitrogens is 1. The molecule has 12 heavy (non-hydrogen) atoms. The molecule has 1 fully saturated rings. The summed E-state index contributed by atoms with van der Waals surface area (Å²) in [6, 6.07) is 0.382. The van der Waals surface area contributed by atoms with Crippen LogP contribution in [0.1, 0.15) is 23.3 Å². The van der Waals surface area contributed by atoms with Gasteiger partial charge in [-0.3, -0.25) is 9.89 Å². The van der Waals surface area contributed by atoms with Crippen LogP contribution < -0.4 is 5.32 Å². The van der Waals surface area contributed by atoms with Gasteiger partial charge in [-0.2, -0.15) is 5.10 Å².